The Hall–Kier alpha value is -2.06. The summed E-state index contributed by atoms with van der Waals surface area (Å²) < 4.78 is 6.97. The third kappa shape index (κ3) is 2.43. The molecule has 25 heavy (non-hydrogen) atoms. The molecule has 0 radical (unpaired) electrons. The number of rotatable bonds is 1. The van der Waals surface area contributed by atoms with Crippen LogP contribution >= 0.6 is 11.3 Å². The Balaban J connectivity index is 1.63. The number of hydrogen-bond acceptors (Lipinski definition) is 6. The molecule has 7 nitrogen and oxygen atoms in total. The van der Waals surface area contributed by atoms with Crippen LogP contribution in [-0.2, 0) is 17.6 Å². The summed E-state index contributed by atoms with van der Waals surface area (Å²) in [5.41, 5.74) is 2.11. The van der Waals surface area contributed by atoms with Crippen molar-refractivity contribution in [3.05, 3.63) is 22.6 Å². The Kier molecular flexibility index (Phi) is 3.49. The molecule has 0 unspecified atom stereocenters. The third-order valence-electron chi connectivity index (χ3n) is 5.12. The fourth-order valence-corrected chi connectivity index (χ4v) is 4.92. The zero-order valence-corrected chi connectivity index (χ0v) is 14.9. The second-order valence-corrected chi connectivity index (χ2v) is 7.97. The van der Waals surface area contributed by atoms with E-state index in [1.54, 1.807) is 27.1 Å². The topological polar surface area (TPSA) is 72.6 Å². The summed E-state index contributed by atoms with van der Waals surface area (Å²) in [6.45, 7) is 4.61. The van der Waals surface area contributed by atoms with Crippen LogP contribution < -0.4 is 0 Å². The molecule has 1 aliphatic heterocycles. The number of morpholine rings is 1. The van der Waals surface area contributed by atoms with Gasteiger partial charge in [-0.1, -0.05) is 6.92 Å². The van der Waals surface area contributed by atoms with Gasteiger partial charge in [0.1, 0.15) is 11.2 Å². The number of carbonyl (C=O) groups excluding carboxylic acids is 1. The lowest BCUT2D eigenvalue weighted by Gasteiger charge is -2.25. The summed E-state index contributed by atoms with van der Waals surface area (Å²) >= 11 is 1.76. The van der Waals surface area contributed by atoms with Gasteiger partial charge in [0.15, 0.2) is 5.65 Å². The second-order valence-electron chi connectivity index (χ2n) is 6.88. The van der Waals surface area contributed by atoms with Crippen LogP contribution in [0.25, 0.3) is 15.9 Å². The molecule has 0 aromatic carbocycles. The summed E-state index contributed by atoms with van der Waals surface area (Å²) in [6, 6.07) is 0. The number of nitrogens with zero attached hydrogens (tertiary/aromatic N) is 5. The van der Waals surface area contributed by atoms with Gasteiger partial charge in [0.2, 0.25) is 5.82 Å². The molecule has 1 saturated heterocycles. The average molecular weight is 357 g/mol. The van der Waals surface area contributed by atoms with Crippen LogP contribution in [0.1, 0.15) is 34.4 Å². The van der Waals surface area contributed by atoms with Crippen LogP contribution in [0.3, 0.4) is 0 Å². The zero-order valence-electron chi connectivity index (χ0n) is 14.1. The van der Waals surface area contributed by atoms with E-state index in [0.717, 1.165) is 28.7 Å². The van der Waals surface area contributed by atoms with Crippen molar-refractivity contribution in [3.63, 3.8) is 0 Å². The standard InChI is InChI=1S/C17H19N5O2S/c1-10-2-3-12-11(8-10)13-15-19-14(17(23)21-4-6-24-7-5-21)20-22(15)9-18-16(13)25-12/h9-10H,2-8H2,1H3/t10-/m0/s1. The fourth-order valence-electron chi connectivity index (χ4n) is 3.75. The minimum absolute atomic E-state index is 0.127. The Bertz CT molecular complexity index is 972. The lowest BCUT2D eigenvalue weighted by molar-refractivity contribution is 0.0295. The van der Waals surface area contributed by atoms with Crippen LogP contribution in [0.5, 0.6) is 0 Å². The molecular weight excluding hydrogens is 338 g/mol. The molecule has 5 rings (SSSR count). The summed E-state index contributed by atoms with van der Waals surface area (Å²) in [5, 5.41) is 5.49. The van der Waals surface area contributed by atoms with E-state index in [1.165, 1.54) is 16.9 Å². The molecule has 3 aromatic heterocycles. The Morgan fingerprint density at radius 1 is 1.36 bits per heavy atom. The van der Waals surface area contributed by atoms with Crippen molar-refractivity contribution in [2.45, 2.75) is 26.2 Å². The molecule has 0 spiro atoms. The highest BCUT2D eigenvalue weighted by Gasteiger charge is 2.26. The van der Waals surface area contributed by atoms with Gasteiger partial charge in [-0.25, -0.2) is 14.5 Å². The molecule has 3 aromatic rings. The lowest BCUT2D eigenvalue weighted by Crippen LogP contribution is -2.41. The summed E-state index contributed by atoms with van der Waals surface area (Å²) in [7, 11) is 0. The summed E-state index contributed by atoms with van der Waals surface area (Å²) in [5.74, 6) is 0.792. The number of thiophene rings is 1. The minimum atomic E-state index is -0.127. The van der Waals surface area contributed by atoms with Crippen LogP contribution in [0.2, 0.25) is 0 Å². The maximum atomic E-state index is 12.7. The minimum Gasteiger partial charge on any atom is -0.378 e. The first kappa shape index (κ1) is 15.2. The SMILES string of the molecule is C[C@H]1CCc2sc3ncn4nc(C(=O)N5CCOCC5)nc4c3c2C1. The largest absolute Gasteiger partial charge is 0.378 e. The van der Waals surface area contributed by atoms with Crippen LogP contribution in [0.15, 0.2) is 6.33 Å². The van der Waals surface area contributed by atoms with Gasteiger partial charge in [0.05, 0.1) is 18.6 Å². The van der Waals surface area contributed by atoms with Gasteiger partial charge < -0.3 is 9.64 Å². The van der Waals surface area contributed by atoms with Crippen molar-refractivity contribution in [2.75, 3.05) is 26.3 Å². The van der Waals surface area contributed by atoms with Gasteiger partial charge >= 0.3 is 0 Å². The Labute approximate surface area is 148 Å². The van der Waals surface area contributed by atoms with E-state index in [9.17, 15) is 4.79 Å². The van der Waals surface area contributed by atoms with E-state index in [0.29, 0.717) is 32.2 Å². The van der Waals surface area contributed by atoms with Gasteiger partial charge in [0, 0.05) is 18.0 Å². The number of ether oxygens (including phenoxy) is 1. The van der Waals surface area contributed by atoms with Crippen molar-refractivity contribution in [1.29, 1.82) is 0 Å². The van der Waals surface area contributed by atoms with E-state index >= 15 is 0 Å². The molecule has 8 heteroatoms. The maximum absolute atomic E-state index is 12.7. The molecule has 0 bridgehead atoms. The molecule has 0 N–H and O–H groups in total. The van der Waals surface area contributed by atoms with Crippen molar-refractivity contribution < 1.29 is 9.53 Å². The molecule has 1 atom stereocenters. The molecule has 130 valence electrons. The van der Waals surface area contributed by atoms with Crippen molar-refractivity contribution in [1.82, 2.24) is 24.5 Å². The number of aromatic nitrogens is 4. The molecule has 4 heterocycles. The van der Waals surface area contributed by atoms with Gasteiger partial charge in [-0.05, 0) is 30.7 Å². The fraction of sp³-hybridized carbons (Fsp3) is 0.529. The first-order chi connectivity index (χ1) is 12.2. The predicted octanol–water partition coefficient (Wildman–Crippen LogP) is 1.94. The van der Waals surface area contributed by atoms with Crippen LogP contribution in [-0.4, -0.2) is 56.7 Å². The van der Waals surface area contributed by atoms with E-state index in [-0.39, 0.29) is 11.7 Å². The highest BCUT2D eigenvalue weighted by atomic mass is 32.1. The Morgan fingerprint density at radius 2 is 2.20 bits per heavy atom. The monoisotopic (exact) mass is 357 g/mol. The summed E-state index contributed by atoms with van der Waals surface area (Å²) in [4.78, 5) is 26.0. The van der Waals surface area contributed by atoms with E-state index in [4.69, 9.17) is 4.74 Å². The first-order valence-electron chi connectivity index (χ1n) is 8.73. The number of aryl methyl sites for hydroxylation is 1. The van der Waals surface area contributed by atoms with Crippen molar-refractivity contribution in [3.8, 4) is 0 Å². The molecule has 2 aliphatic rings. The molecule has 0 saturated carbocycles. The highest BCUT2D eigenvalue weighted by Crippen LogP contribution is 2.38. The van der Waals surface area contributed by atoms with Crippen molar-refractivity contribution in [2.24, 2.45) is 5.92 Å². The first-order valence-corrected chi connectivity index (χ1v) is 9.55. The number of carbonyl (C=O) groups is 1. The highest BCUT2D eigenvalue weighted by molar-refractivity contribution is 7.19. The van der Waals surface area contributed by atoms with Crippen LogP contribution in [0.4, 0.5) is 0 Å². The van der Waals surface area contributed by atoms with Gasteiger partial charge in [-0.3, -0.25) is 4.79 Å². The van der Waals surface area contributed by atoms with Gasteiger partial charge in [0.25, 0.3) is 5.91 Å². The normalized spacial score (nSPS) is 21.0. The predicted molar refractivity (Wildman–Crippen MR) is 94.1 cm³/mol. The Morgan fingerprint density at radius 3 is 3.04 bits per heavy atom. The quantitative estimate of drug-likeness (QED) is 0.665. The molecule has 1 aliphatic carbocycles. The lowest BCUT2D eigenvalue weighted by atomic mass is 9.89. The van der Waals surface area contributed by atoms with E-state index in [1.807, 2.05) is 0 Å². The van der Waals surface area contributed by atoms with E-state index in [2.05, 4.69) is 22.0 Å². The molecule has 1 amide bonds. The van der Waals surface area contributed by atoms with Crippen molar-refractivity contribution >= 4 is 33.1 Å². The van der Waals surface area contributed by atoms with Gasteiger partial charge in [-0.15, -0.1) is 16.4 Å². The molecular formula is C17H19N5O2S. The van der Waals surface area contributed by atoms with Crippen LogP contribution in [0, 0.1) is 5.92 Å². The maximum Gasteiger partial charge on any atom is 0.293 e. The number of amides is 1. The molecule has 1 fully saturated rings. The third-order valence-corrected chi connectivity index (χ3v) is 6.32. The zero-order chi connectivity index (χ0) is 17.0. The average Bonchev–Trinajstić information content (AvgIpc) is 3.22. The van der Waals surface area contributed by atoms with Gasteiger partial charge in [-0.2, -0.15) is 0 Å². The number of fused-ring (bicyclic) bond motifs is 5. The van der Waals surface area contributed by atoms with E-state index < -0.39 is 0 Å². The second kappa shape index (κ2) is 5.74. The smallest absolute Gasteiger partial charge is 0.293 e. The number of hydrogen-bond donors (Lipinski definition) is 0. The summed E-state index contributed by atoms with van der Waals surface area (Å²) in [6.07, 6.45) is 5.06.